The van der Waals surface area contributed by atoms with Crippen LogP contribution in [0.3, 0.4) is 0 Å². The van der Waals surface area contributed by atoms with Gasteiger partial charge in [-0.05, 0) is 82.5 Å². The van der Waals surface area contributed by atoms with E-state index in [1.165, 1.54) is 0 Å². The van der Waals surface area contributed by atoms with Gasteiger partial charge in [-0.15, -0.1) is 0 Å². The van der Waals surface area contributed by atoms with Crippen molar-refractivity contribution in [1.29, 1.82) is 0 Å². The van der Waals surface area contributed by atoms with Crippen LogP contribution in [-0.4, -0.2) is 113 Å². The maximum atomic E-state index is 14.3. The van der Waals surface area contributed by atoms with Crippen molar-refractivity contribution in [3.63, 3.8) is 0 Å². The van der Waals surface area contributed by atoms with Crippen molar-refractivity contribution < 1.29 is 38.6 Å². The fourth-order valence-electron chi connectivity index (χ4n) is 10.5. The van der Waals surface area contributed by atoms with Gasteiger partial charge in [0.05, 0.1) is 49.0 Å². The molecule has 14 atom stereocenters. The number of ether oxygens (including phenoxy) is 5. The number of amides is 2. The second-order valence-electron chi connectivity index (χ2n) is 14.3. The molecule has 3 aliphatic heterocycles. The van der Waals surface area contributed by atoms with Crippen LogP contribution in [0.2, 0.25) is 0 Å². The second kappa shape index (κ2) is 13.6. The maximum Gasteiger partial charge on any atom is 0.248 e. The number of methoxy groups -OCH3 is 4. The summed E-state index contributed by atoms with van der Waals surface area (Å²) in [6, 6.07) is 1.02. The molecule has 6 fully saturated rings. The van der Waals surface area contributed by atoms with Gasteiger partial charge in [0.15, 0.2) is 0 Å². The zero-order valence-electron chi connectivity index (χ0n) is 27.0. The molecule has 0 aromatic heterocycles. The van der Waals surface area contributed by atoms with E-state index < -0.39 is 6.10 Å². The molecule has 0 bridgehead atoms. The molecule has 3 saturated heterocycles. The van der Waals surface area contributed by atoms with Crippen molar-refractivity contribution in [3.8, 4) is 0 Å². The lowest BCUT2D eigenvalue weighted by molar-refractivity contribution is -0.713. The lowest BCUT2D eigenvalue weighted by Crippen LogP contribution is -2.99. The van der Waals surface area contributed by atoms with Crippen LogP contribution in [0, 0.1) is 29.6 Å². The van der Waals surface area contributed by atoms with Gasteiger partial charge in [0.2, 0.25) is 11.8 Å². The molecule has 0 aromatic rings. The first kappa shape index (κ1) is 31.7. The third kappa shape index (κ3) is 5.89. The van der Waals surface area contributed by atoms with Crippen molar-refractivity contribution in [3.05, 3.63) is 0 Å². The molecule has 10 heteroatoms. The van der Waals surface area contributed by atoms with Gasteiger partial charge in [0.25, 0.3) is 0 Å². The van der Waals surface area contributed by atoms with E-state index in [-0.39, 0.29) is 48.4 Å². The van der Waals surface area contributed by atoms with E-state index in [1.54, 1.807) is 28.4 Å². The number of carbonyl (C=O) groups excluding carboxylic acids is 2. The Labute approximate surface area is 257 Å². The summed E-state index contributed by atoms with van der Waals surface area (Å²) in [6.07, 6.45) is 9.62. The smallest absolute Gasteiger partial charge is 0.248 e. The number of piperidine rings is 2. The first-order chi connectivity index (χ1) is 20.9. The maximum absolute atomic E-state index is 14.3. The normalized spacial score (nSPS) is 44.7. The molecule has 6 rings (SSSR count). The summed E-state index contributed by atoms with van der Waals surface area (Å²) in [5.41, 5.74) is 0. The molecular weight excluding hydrogens is 550 g/mol. The molecule has 3 saturated carbocycles. The van der Waals surface area contributed by atoms with E-state index in [2.05, 4.69) is 15.5 Å². The fraction of sp³-hybridized carbons (Fsp3) is 0.939. The number of nitrogens with zero attached hydrogens (tertiary/aromatic N) is 1. The molecule has 6 aliphatic rings. The number of rotatable bonds is 10. The van der Waals surface area contributed by atoms with Gasteiger partial charge < -0.3 is 39.2 Å². The number of hydrogen-bond donors (Lipinski definition) is 2. The van der Waals surface area contributed by atoms with Crippen molar-refractivity contribution in [2.45, 2.75) is 126 Å². The van der Waals surface area contributed by atoms with E-state index in [0.717, 1.165) is 70.8 Å². The van der Waals surface area contributed by atoms with Crippen molar-refractivity contribution in [2.75, 3.05) is 41.5 Å². The largest absolute Gasteiger partial charge is 0.379 e. The molecule has 10 nitrogen and oxygen atoms in total. The third-order valence-corrected chi connectivity index (χ3v) is 12.5. The molecule has 3 heterocycles. The highest BCUT2D eigenvalue weighted by Gasteiger charge is 2.66. The van der Waals surface area contributed by atoms with Gasteiger partial charge in [-0.25, -0.2) is 0 Å². The predicted octanol–water partition coefficient (Wildman–Crippen LogP) is 1.50. The Balaban J connectivity index is 1.04. The highest BCUT2D eigenvalue weighted by atomic mass is 16.5. The second-order valence-corrected chi connectivity index (χ2v) is 14.3. The SMILES string of the molecule is COC1CCC(CCNC(=O)C(C)OC2CCC3C(C2)C2CC[NH2+]C4C5CCC(OC)C(OC)C5C(=O)N3C24)CC1OC. The van der Waals surface area contributed by atoms with Gasteiger partial charge in [0.1, 0.15) is 12.1 Å². The molecule has 43 heavy (non-hydrogen) atoms. The number of nitrogens with two attached hydrogens (primary N) is 1. The topological polar surface area (TPSA) is 112 Å². The highest BCUT2D eigenvalue weighted by Crippen LogP contribution is 2.53. The van der Waals surface area contributed by atoms with Crippen LogP contribution in [-0.2, 0) is 33.3 Å². The van der Waals surface area contributed by atoms with Gasteiger partial charge in [-0.2, -0.15) is 0 Å². The highest BCUT2D eigenvalue weighted by molar-refractivity contribution is 5.82. The van der Waals surface area contributed by atoms with Crippen LogP contribution < -0.4 is 10.6 Å². The molecule has 0 spiro atoms. The Hall–Kier alpha value is -1.30. The first-order valence-corrected chi connectivity index (χ1v) is 17.1. The predicted molar refractivity (Wildman–Crippen MR) is 159 cm³/mol. The van der Waals surface area contributed by atoms with E-state index >= 15 is 0 Å². The van der Waals surface area contributed by atoms with E-state index in [0.29, 0.717) is 48.2 Å². The summed E-state index contributed by atoms with van der Waals surface area (Å²) in [5, 5.41) is 5.67. The number of hydrogen-bond acceptors (Lipinski definition) is 7. The lowest BCUT2D eigenvalue weighted by atomic mass is 9.64. The van der Waals surface area contributed by atoms with E-state index in [4.69, 9.17) is 23.7 Å². The van der Waals surface area contributed by atoms with Crippen LogP contribution in [0.15, 0.2) is 0 Å². The average molecular weight is 607 g/mol. The van der Waals surface area contributed by atoms with Crippen molar-refractivity contribution >= 4 is 11.8 Å². The first-order valence-electron chi connectivity index (χ1n) is 17.1. The summed E-state index contributed by atoms with van der Waals surface area (Å²) in [6.45, 7) is 3.67. The fourth-order valence-corrected chi connectivity index (χ4v) is 10.5. The summed E-state index contributed by atoms with van der Waals surface area (Å²) < 4.78 is 29.4. The Morgan fingerprint density at radius 3 is 2.40 bits per heavy atom. The molecular formula is C33H56N3O7+. The molecule has 2 amide bonds. The Morgan fingerprint density at radius 2 is 1.65 bits per heavy atom. The van der Waals surface area contributed by atoms with E-state index in [9.17, 15) is 9.59 Å². The summed E-state index contributed by atoms with van der Waals surface area (Å²) in [4.78, 5) is 29.6. The minimum atomic E-state index is -0.480. The standard InChI is InChI=1S/C33H55N3O7/c1-18(32(37)35-14-12-19-6-10-25(39-2)27(16-19)41-4)43-20-7-9-24-23(17-20)21-13-15-34-29-22-8-11-26(40-3)31(42-5)28(22)33(38)36(24)30(21)29/h18-31,34H,6-17H2,1-5H3,(H,35,37)/p+1. The minimum absolute atomic E-state index is 0.0192. The molecule has 0 radical (unpaired) electrons. The average Bonchev–Trinajstić information content (AvgIpc) is 3.37. The Morgan fingerprint density at radius 1 is 0.884 bits per heavy atom. The van der Waals surface area contributed by atoms with Crippen LogP contribution in [0.25, 0.3) is 0 Å². The molecule has 244 valence electrons. The van der Waals surface area contributed by atoms with Gasteiger partial charge in [-0.1, -0.05) is 0 Å². The van der Waals surface area contributed by atoms with Crippen LogP contribution >= 0.6 is 0 Å². The third-order valence-electron chi connectivity index (χ3n) is 12.5. The summed E-state index contributed by atoms with van der Waals surface area (Å²) >= 11 is 0. The minimum Gasteiger partial charge on any atom is -0.379 e. The number of quaternary nitrogens is 1. The quantitative estimate of drug-likeness (QED) is 0.388. The molecule has 3 N–H and O–H groups in total. The van der Waals surface area contributed by atoms with Gasteiger partial charge in [-0.3, -0.25) is 9.59 Å². The van der Waals surface area contributed by atoms with Crippen LogP contribution in [0.1, 0.15) is 71.1 Å². The lowest BCUT2D eigenvalue weighted by Gasteiger charge is -2.53. The number of fused-ring (bicyclic) bond motifs is 5. The summed E-state index contributed by atoms with van der Waals surface area (Å²) in [7, 11) is 7.00. The Bertz CT molecular complexity index is 984. The van der Waals surface area contributed by atoms with Crippen molar-refractivity contribution in [1.82, 2.24) is 10.2 Å². The van der Waals surface area contributed by atoms with Crippen molar-refractivity contribution in [2.24, 2.45) is 29.6 Å². The molecule has 14 unspecified atom stereocenters. The van der Waals surface area contributed by atoms with E-state index in [1.807, 2.05) is 6.92 Å². The zero-order chi connectivity index (χ0) is 30.2. The van der Waals surface area contributed by atoms with Gasteiger partial charge >= 0.3 is 0 Å². The Kier molecular flexibility index (Phi) is 10.0. The number of carbonyl (C=O) groups is 2. The van der Waals surface area contributed by atoms with Crippen LogP contribution in [0.5, 0.6) is 0 Å². The summed E-state index contributed by atoms with van der Waals surface area (Å²) in [5.74, 6) is 2.00. The zero-order valence-corrected chi connectivity index (χ0v) is 27.0. The van der Waals surface area contributed by atoms with Crippen LogP contribution in [0.4, 0.5) is 0 Å². The monoisotopic (exact) mass is 606 g/mol. The molecule has 3 aliphatic carbocycles. The number of nitrogens with one attached hydrogen (secondary N) is 1. The van der Waals surface area contributed by atoms with Gasteiger partial charge in [0, 0.05) is 53.4 Å². The molecule has 0 aromatic carbocycles.